The van der Waals surface area contributed by atoms with E-state index in [1.807, 2.05) is 35.2 Å². The molecule has 3 aromatic carbocycles. The number of hydrogen-bond donors (Lipinski definition) is 1. The monoisotopic (exact) mass is 557 g/mol. The zero-order valence-corrected chi connectivity index (χ0v) is 22.1. The normalized spacial score (nSPS) is 20.7. The number of benzene rings is 3. The second-order valence-corrected chi connectivity index (χ2v) is 11.3. The van der Waals surface area contributed by atoms with Crippen LogP contribution in [-0.4, -0.2) is 50.3 Å². The summed E-state index contributed by atoms with van der Waals surface area (Å²) in [6.07, 6.45) is -2.15. The van der Waals surface area contributed by atoms with E-state index < -0.39 is 30.4 Å². The van der Waals surface area contributed by atoms with Crippen LogP contribution in [0, 0.1) is 17.0 Å². The molecule has 3 aromatic rings. The molecule has 4 nitrogen and oxygen atoms in total. The van der Waals surface area contributed by atoms with E-state index in [0.717, 1.165) is 55.0 Å². The molecule has 6 rings (SSSR count). The molecular weight excluding hydrogens is 525 g/mol. The van der Waals surface area contributed by atoms with Crippen molar-refractivity contribution in [1.29, 1.82) is 0 Å². The maximum atomic E-state index is 15.7. The first-order valence-electron chi connectivity index (χ1n) is 13.7. The molecule has 0 amide bonds. The molecule has 40 heavy (non-hydrogen) atoms. The second-order valence-electron chi connectivity index (χ2n) is 11.3. The van der Waals surface area contributed by atoms with E-state index in [2.05, 4.69) is 5.32 Å². The fourth-order valence-corrected chi connectivity index (χ4v) is 6.46. The predicted octanol–water partition coefficient (Wildman–Crippen LogP) is 6.24. The highest BCUT2D eigenvalue weighted by molar-refractivity contribution is 5.54. The number of fused-ring (bicyclic) bond motifs is 1. The van der Waals surface area contributed by atoms with Crippen molar-refractivity contribution in [3.05, 3.63) is 94.6 Å². The summed E-state index contributed by atoms with van der Waals surface area (Å²) in [6, 6.07) is 16.0. The molecule has 3 aliphatic rings. The van der Waals surface area contributed by atoms with E-state index in [-0.39, 0.29) is 17.5 Å². The molecule has 9 heteroatoms. The lowest BCUT2D eigenvalue weighted by Gasteiger charge is -2.53. The van der Waals surface area contributed by atoms with Gasteiger partial charge < -0.3 is 15.0 Å². The van der Waals surface area contributed by atoms with Crippen LogP contribution in [0.2, 0.25) is 0 Å². The van der Waals surface area contributed by atoms with Crippen molar-refractivity contribution >= 4 is 5.69 Å². The fraction of sp³-hybridized carbons (Fsp3) is 0.419. The Hall–Kier alpha value is -3.17. The van der Waals surface area contributed by atoms with Gasteiger partial charge in [0.05, 0.1) is 12.6 Å². The van der Waals surface area contributed by atoms with Gasteiger partial charge >= 0.3 is 6.18 Å². The molecule has 0 saturated carbocycles. The number of alkyl halides is 3. The lowest BCUT2D eigenvalue weighted by Crippen LogP contribution is -2.60. The van der Waals surface area contributed by atoms with Crippen LogP contribution in [0.4, 0.5) is 27.6 Å². The summed E-state index contributed by atoms with van der Waals surface area (Å²) in [6.45, 7) is 2.42. The molecule has 0 radical (unpaired) electrons. The number of nitrogens with zero attached hydrogens (tertiary/aromatic N) is 2. The van der Waals surface area contributed by atoms with E-state index >= 15 is 8.78 Å². The SMILES string of the molecule is Fc1cc(N2CC3(CCNCC3)C2)cc(F)c1C1c2ccc(OCc3ccccc3)cc2CCN1CC(F)(F)F. The van der Waals surface area contributed by atoms with Crippen LogP contribution in [0.3, 0.4) is 0 Å². The largest absolute Gasteiger partial charge is 0.489 e. The molecule has 212 valence electrons. The minimum atomic E-state index is -4.51. The number of hydrogen-bond acceptors (Lipinski definition) is 4. The third-order valence-electron chi connectivity index (χ3n) is 8.49. The highest BCUT2D eigenvalue weighted by atomic mass is 19.4. The molecule has 0 aromatic heterocycles. The third-order valence-corrected chi connectivity index (χ3v) is 8.49. The Labute approximate surface area is 230 Å². The van der Waals surface area contributed by atoms with E-state index in [4.69, 9.17) is 4.74 Å². The third kappa shape index (κ3) is 5.54. The molecule has 1 N–H and O–H groups in total. The first kappa shape index (κ1) is 27.0. The second kappa shape index (κ2) is 10.7. The van der Waals surface area contributed by atoms with Gasteiger partial charge in [0.1, 0.15) is 24.0 Å². The van der Waals surface area contributed by atoms with Crippen molar-refractivity contribution in [2.45, 2.75) is 38.1 Å². The summed E-state index contributed by atoms with van der Waals surface area (Å²) in [5.74, 6) is -1.09. The number of anilines is 1. The summed E-state index contributed by atoms with van der Waals surface area (Å²) in [5.41, 5.74) is 2.43. The molecule has 3 aliphatic heterocycles. The number of rotatable bonds is 6. The standard InChI is InChI=1S/C31H32F5N3O/c32-26-15-23(39-18-30(19-39)9-11-37-12-10-30)16-27(33)28(26)29-25-7-6-24(40-17-21-4-2-1-3-5-21)14-22(25)8-13-38(29)20-31(34,35)36/h1-7,14-16,29,37H,8-13,17-20H2. The maximum absolute atomic E-state index is 15.7. The topological polar surface area (TPSA) is 27.7 Å². The number of ether oxygens (including phenoxy) is 1. The van der Waals surface area contributed by atoms with Crippen LogP contribution in [-0.2, 0) is 13.0 Å². The summed E-state index contributed by atoms with van der Waals surface area (Å²) in [7, 11) is 0. The zero-order valence-electron chi connectivity index (χ0n) is 22.1. The Kier molecular flexibility index (Phi) is 7.21. The Morgan fingerprint density at radius 3 is 2.30 bits per heavy atom. The van der Waals surface area contributed by atoms with Gasteiger partial charge in [0.2, 0.25) is 0 Å². The Bertz CT molecular complexity index is 1330. The first-order valence-corrected chi connectivity index (χ1v) is 13.7. The van der Waals surface area contributed by atoms with Gasteiger partial charge in [-0.15, -0.1) is 0 Å². The molecule has 0 aliphatic carbocycles. The van der Waals surface area contributed by atoms with Gasteiger partial charge in [0.25, 0.3) is 0 Å². The van der Waals surface area contributed by atoms with Crippen molar-refractivity contribution in [1.82, 2.24) is 10.2 Å². The van der Waals surface area contributed by atoms with Crippen LogP contribution < -0.4 is 15.0 Å². The van der Waals surface area contributed by atoms with E-state index in [1.54, 1.807) is 18.2 Å². The number of nitrogens with one attached hydrogen (secondary N) is 1. The summed E-state index contributed by atoms with van der Waals surface area (Å²) in [4.78, 5) is 3.08. The van der Waals surface area contributed by atoms with Crippen LogP contribution in [0.5, 0.6) is 5.75 Å². The minimum absolute atomic E-state index is 0.0165. The first-order chi connectivity index (χ1) is 19.2. The van der Waals surface area contributed by atoms with E-state index in [9.17, 15) is 13.2 Å². The van der Waals surface area contributed by atoms with Crippen molar-refractivity contribution < 1.29 is 26.7 Å². The summed E-state index contributed by atoms with van der Waals surface area (Å²) < 4.78 is 78.1. The number of halogens is 5. The van der Waals surface area contributed by atoms with Gasteiger partial charge in [0.15, 0.2) is 0 Å². The van der Waals surface area contributed by atoms with Crippen molar-refractivity contribution in [3.63, 3.8) is 0 Å². The summed E-state index contributed by atoms with van der Waals surface area (Å²) in [5, 5.41) is 3.34. The maximum Gasteiger partial charge on any atom is 0.401 e. The zero-order chi connectivity index (χ0) is 27.9. The highest BCUT2D eigenvalue weighted by Crippen LogP contribution is 2.44. The lowest BCUT2D eigenvalue weighted by atomic mass is 9.72. The molecule has 1 atom stereocenters. The predicted molar refractivity (Wildman–Crippen MR) is 143 cm³/mol. The van der Waals surface area contributed by atoms with E-state index in [0.29, 0.717) is 30.0 Å². The van der Waals surface area contributed by atoms with Gasteiger partial charge in [0, 0.05) is 36.3 Å². The Balaban J connectivity index is 1.29. The van der Waals surface area contributed by atoms with Crippen LogP contribution in [0.25, 0.3) is 0 Å². The van der Waals surface area contributed by atoms with Gasteiger partial charge in [-0.05, 0) is 73.3 Å². The molecule has 2 saturated heterocycles. The quantitative estimate of drug-likeness (QED) is 0.363. The van der Waals surface area contributed by atoms with Crippen LogP contribution >= 0.6 is 0 Å². The minimum Gasteiger partial charge on any atom is -0.489 e. The van der Waals surface area contributed by atoms with Crippen LogP contribution in [0.15, 0.2) is 60.7 Å². The molecule has 2 fully saturated rings. The van der Waals surface area contributed by atoms with Gasteiger partial charge in [-0.2, -0.15) is 13.2 Å². The number of piperidine rings is 1. The molecule has 0 bridgehead atoms. The molecule has 3 heterocycles. The summed E-state index contributed by atoms with van der Waals surface area (Å²) >= 11 is 0. The molecule has 1 spiro atoms. The Morgan fingerprint density at radius 1 is 0.925 bits per heavy atom. The highest BCUT2D eigenvalue weighted by Gasteiger charge is 2.44. The van der Waals surface area contributed by atoms with Crippen molar-refractivity contribution in [2.24, 2.45) is 5.41 Å². The smallest absolute Gasteiger partial charge is 0.401 e. The lowest BCUT2D eigenvalue weighted by molar-refractivity contribution is -0.150. The van der Waals surface area contributed by atoms with Crippen molar-refractivity contribution in [2.75, 3.05) is 44.2 Å². The van der Waals surface area contributed by atoms with Crippen molar-refractivity contribution in [3.8, 4) is 5.75 Å². The Morgan fingerprint density at radius 2 is 1.62 bits per heavy atom. The van der Waals surface area contributed by atoms with Gasteiger partial charge in [-0.1, -0.05) is 36.4 Å². The molecular formula is C31H32F5N3O. The molecule has 1 unspecified atom stereocenters. The fourth-order valence-electron chi connectivity index (χ4n) is 6.46. The van der Waals surface area contributed by atoms with Gasteiger partial charge in [-0.25, -0.2) is 8.78 Å². The van der Waals surface area contributed by atoms with Crippen LogP contribution in [0.1, 0.15) is 41.1 Å². The average Bonchev–Trinajstić information content (AvgIpc) is 2.91. The van der Waals surface area contributed by atoms with Gasteiger partial charge in [-0.3, -0.25) is 4.90 Å². The average molecular weight is 558 g/mol. The van der Waals surface area contributed by atoms with E-state index in [1.165, 1.54) is 12.1 Å².